The van der Waals surface area contributed by atoms with Gasteiger partial charge in [-0.15, -0.1) is 0 Å². The number of carbonyl (C=O) groups excluding carboxylic acids is 1. The first-order valence-corrected chi connectivity index (χ1v) is 4.71. The molecule has 1 saturated carbocycles. The minimum atomic E-state index is -4.47. The van der Waals surface area contributed by atoms with E-state index in [1.165, 1.54) is 4.90 Å². The molecule has 6 heteroatoms. The smallest absolute Gasteiger partial charge is 0.310 e. The van der Waals surface area contributed by atoms with Gasteiger partial charge in [0.25, 0.3) is 0 Å². The van der Waals surface area contributed by atoms with Crippen molar-refractivity contribution in [3.8, 4) is 0 Å². The number of hydrogen-bond acceptors (Lipinski definition) is 2. The summed E-state index contributed by atoms with van der Waals surface area (Å²) in [7, 11) is 0. The summed E-state index contributed by atoms with van der Waals surface area (Å²) >= 11 is 0. The SMILES string of the molecule is O=CN(c1[c]cc(C(F)(F)F)nc1)C1CC1. The van der Waals surface area contributed by atoms with Gasteiger partial charge < -0.3 is 4.90 Å². The van der Waals surface area contributed by atoms with Crippen molar-refractivity contribution in [2.75, 3.05) is 4.90 Å². The quantitative estimate of drug-likeness (QED) is 0.743. The fourth-order valence-corrected chi connectivity index (χ4v) is 1.34. The van der Waals surface area contributed by atoms with Crippen LogP contribution < -0.4 is 4.90 Å². The van der Waals surface area contributed by atoms with Crippen LogP contribution in [-0.4, -0.2) is 17.4 Å². The molecule has 0 spiro atoms. The number of amides is 1. The molecule has 85 valence electrons. The summed E-state index contributed by atoms with van der Waals surface area (Å²) in [6.45, 7) is 0. The molecule has 0 aliphatic heterocycles. The summed E-state index contributed by atoms with van der Waals surface area (Å²) in [5, 5.41) is 0. The average Bonchev–Trinajstić information content (AvgIpc) is 3.03. The summed E-state index contributed by atoms with van der Waals surface area (Å²) in [5.41, 5.74) is -0.719. The van der Waals surface area contributed by atoms with Crippen LogP contribution in [0.4, 0.5) is 18.9 Å². The number of anilines is 1. The molecule has 3 nitrogen and oxygen atoms in total. The van der Waals surface area contributed by atoms with Gasteiger partial charge >= 0.3 is 6.18 Å². The van der Waals surface area contributed by atoms with Crippen LogP contribution in [0.25, 0.3) is 0 Å². The second-order valence-corrected chi connectivity index (χ2v) is 3.56. The lowest BCUT2D eigenvalue weighted by atomic mass is 10.3. The molecule has 1 aromatic rings. The number of rotatable bonds is 3. The summed E-state index contributed by atoms with van der Waals surface area (Å²) < 4.78 is 36.6. The highest BCUT2D eigenvalue weighted by Crippen LogP contribution is 2.32. The van der Waals surface area contributed by atoms with E-state index in [9.17, 15) is 18.0 Å². The Morgan fingerprint density at radius 1 is 1.50 bits per heavy atom. The molecule has 1 aliphatic rings. The summed E-state index contributed by atoms with van der Waals surface area (Å²) in [4.78, 5) is 15.4. The van der Waals surface area contributed by atoms with Crippen LogP contribution in [0.15, 0.2) is 12.3 Å². The number of hydrogen-bond donors (Lipinski definition) is 0. The van der Waals surface area contributed by atoms with E-state index < -0.39 is 11.9 Å². The first-order chi connectivity index (χ1) is 7.52. The second-order valence-electron chi connectivity index (χ2n) is 3.56. The van der Waals surface area contributed by atoms with Crippen LogP contribution >= 0.6 is 0 Å². The summed E-state index contributed by atoms with van der Waals surface area (Å²) in [5.74, 6) is 0. The van der Waals surface area contributed by atoms with Gasteiger partial charge in [0, 0.05) is 12.1 Å². The van der Waals surface area contributed by atoms with E-state index in [0.717, 1.165) is 25.1 Å². The lowest BCUT2D eigenvalue weighted by Crippen LogP contribution is -2.23. The number of halogens is 3. The van der Waals surface area contributed by atoms with Crippen LogP contribution in [-0.2, 0) is 11.0 Å². The van der Waals surface area contributed by atoms with Gasteiger partial charge in [-0.1, -0.05) is 0 Å². The topological polar surface area (TPSA) is 33.2 Å². The fourth-order valence-electron chi connectivity index (χ4n) is 1.34. The van der Waals surface area contributed by atoms with Crippen LogP contribution in [0.5, 0.6) is 0 Å². The highest BCUT2D eigenvalue weighted by atomic mass is 19.4. The molecule has 0 aromatic carbocycles. The van der Waals surface area contributed by atoms with Gasteiger partial charge in [-0.25, -0.2) is 4.98 Å². The van der Waals surface area contributed by atoms with E-state index in [1.807, 2.05) is 0 Å². The zero-order chi connectivity index (χ0) is 11.8. The minimum absolute atomic E-state index is 0.0901. The van der Waals surface area contributed by atoms with Gasteiger partial charge in [0.1, 0.15) is 5.69 Å². The largest absolute Gasteiger partial charge is 0.433 e. The fraction of sp³-hybridized carbons (Fsp3) is 0.400. The third-order valence-electron chi connectivity index (χ3n) is 2.31. The predicted molar refractivity (Wildman–Crippen MR) is 49.6 cm³/mol. The van der Waals surface area contributed by atoms with E-state index in [4.69, 9.17) is 0 Å². The summed E-state index contributed by atoms with van der Waals surface area (Å²) in [6, 6.07) is 3.28. The van der Waals surface area contributed by atoms with Gasteiger partial charge in [-0.3, -0.25) is 4.79 Å². The molecule has 16 heavy (non-hydrogen) atoms. The molecule has 1 aromatic heterocycles. The van der Waals surface area contributed by atoms with Crippen molar-refractivity contribution < 1.29 is 18.0 Å². The van der Waals surface area contributed by atoms with Crippen molar-refractivity contribution in [3.05, 3.63) is 24.0 Å². The zero-order valence-electron chi connectivity index (χ0n) is 8.16. The highest BCUT2D eigenvalue weighted by molar-refractivity contribution is 5.76. The maximum absolute atomic E-state index is 12.2. The Labute approximate surface area is 89.9 Å². The number of alkyl halides is 3. The molecule has 0 unspecified atom stereocenters. The van der Waals surface area contributed by atoms with E-state index >= 15 is 0 Å². The van der Waals surface area contributed by atoms with Gasteiger partial charge in [0.2, 0.25) is 6.41 Å². The third kappa shape index (κ3) is 2.15. The van der Waals surface area contributed by atoms with Crippen LogP contribution in [0.2, 0.25) is 0 Å². The first-order valence-electron chi connectivity index (χ1n) is 4.71. The molecular weight excluding hydrogens is 221 g/mol. The van der Waals surface area contributed by atoms with Gasteiger partial charge in [0.15, 0.2) is 0 Å². The molecule has 1 radical (unpaired) electrons. The predicted octanol–water partition coefficient (Wildman–Crippen LogP) is 2.03. The van der Waals surface area contributed by atoms with Gasteiger partial charge in [-0.2, -0.15) is 13.2 Å². The standard InChI is InChI=1S/C10H8F3N2O/c11-10(12,13)9-4-3-8(5-14-9)15(6-16)7-1-2-7/h4-7H,1-2H2. The Morgan fingerprint density at radius 3 is 2.56 bits per heavy atom. The lowest BCUT2D eigenvalue weighted by Gasteiger charge is -2.16. The lowest BCUT2D eigenvalue weighted by molar-refractivity contribution is -0.141. The number of carbonyl (C=O) groups is 1. The zero-order valence-corrected chi connectivity index (χ0v) is 8.16. The van der Waals surface area contributed by atoms with E-state index in [2.05, 4.69) is 11.1 Å². The minimum Gasteiger partial charge on any atom is -0.310 e. The Hall–Kier alpha value is -1.59. The Bertz CT molecular complexity index is 384. The number of aromatic nitrogens is 1. The molecule has 0 saturated heterocycles. The molecule has 0 bridgehead atoms. The van der Waals surface area contributed by atoms with Crippen LogP contribution in [0.1, 0.15) is 18.5 Å². The number of pyridine rings is 1. The highest BCUT2D eigenvalue weighted by Gasteiger charge is 2.33. The van der Waals surface area contributed by atoms with Gasteiger partial charge in [-0.05, 0) is 18.9 Å². The van der Waals surface area contributed by atoms with Crippen LogP contribution in [0, 0.1) is 6.07 Å². The Morgan fingerprint density at radius 2 is 2.19 bits per heavy atom. The van der Waals surface area contributed by atoms with Crippen molar-refractivity contribution in [1.29, 1.82) is 0 Å². The van der Waals surface area contributed by atoms with Crippen molar-refractivity contribution in [2.45, 2.75) is 25.1 Å². The maximum atomic E-state index is 12.2. The molecule has 1 heterocycles. The maximum Gasteiger partial charge on any atom is 0.433 e. The van der Waals surface area contributed by atoms with E-state index in [0.29, 0.717) is 6.41 Å². The first kappa shape index (κ1) is 10.9. The molecule has 1 amide bonds. The monoisotopic (exact) mass is 229 g/mol. The molecule has 1 fully saturated rings. The summed E-state index contributed by atoms with van der Waals surface area (Å²) in [6.07, 6.45) is -1.12. The molecule has 0 N–H and O–H groups in total. The van der Waals surface area contributed by atoms with Crippen molar-refractivity contribution in [1.82, 2.24) is 4.98 Å². The third-order valence-corrected chi connectivity index (χ3v) is 2.31. The van der Waals surface area contributed by atoms with Gasteiger partial charge in [0.05, 0.1) is 11.9 Å². The van der Waals surface area contributed by atoms with E-state index in [-0.39, 0.29) is 11.7 Å². The van der Waals surface area contributed by atoms with E-state index in [1.54, 1.807) is 0 Å². The van der Waals surface area contributed by atoms with Crippen molar-refractivity contribution >= 4 is 12.1 Å². The van der Waals surface area contributed by atoms with Crippen LogP contribution in [0.3, 0.4) is 0 Å². The number of nitrogens with zero attached hydrogens (tertiary/aromatic N) is 2. The van der Waals surface area contributed by atoms with Crippen molar-refractivity contribution in [3.63, 3.8) is 0 Å². The second kappa shape index (κ2) is 3.77. The molecule has 0 atom stereocenters. The molecule has 1 aliphatic carbocycles. The molecular formula is C10H8F3N2O. The van der Waals surface area contributed by atoms with Crippen molar-refractivity contribution in [2.24, 2.45) is 0 Å². The normalized spacial score (nSPS) is 15.9. The Balaban J connectivity index is 2.21. The molecule has 2 rings (SSSR count). The Kier molecular flexibility index (Phi) is 2.57. The average molecular weight is 229 g/mol.